The Hall–Kier alpha value is -7.86. The summed E-state index contributed by atoms with van der Waals surface area (Å²) in [7, 11) is -2.02. The fourth-order valence-electron chi connectivity index (χ4n) is 10.7. The molecule has 3 aromatic heterocycles. The maximum absolute atomic E-state index is 5.85. The van der Waals surface area contributed by atoms with Gasteiger partial charge in [-0.25, -0.2) is 4.98 Å². The number of pyridine rings is 1. The zero-order chi connectivity index (χ0) is 42.2. The third-order valence-electron chi connectivity index (χ3n) is 13.3. The average molecular weight is 834 g/mol. The van der Waals surface area contributed by atoms with E-state index in [0.29, 0.717) is 0 Å². The lowest BCUT2D eigenvalue weighted by Crippen LogP contribution is -2.48. The van der Waals surface area contributed by atoms with Crippen LogP contribution in [0.2, 0.25) is 0 Å². The SMILES string of the molecule is c1ccc(B2c3ccccc3-c3cc(-n4c5ccccc5c5c4ccc4c6ccccc6n(-c6cccc(S(c7ccccc7)(c7ccccc7)c7ccccc7)n6)c45)ccc32)cc1. The van der Waals surface area contributed by atoms with Crippen LogP contribution >= 0.6 is 10.0 Å². The first-order valence-electron chi connectivity index (χ1n) is 22.0. The zero-order valence-corrected chi connectivity index (χ0v) is 35.7. The Kier molecular flexibility index (Phi) is 8.40. The second kappa shape index (κ2) is 14.6. The topological polar surface area (TPSA) is 22.8 Å². The highest BCUT2D eigenvalue weighted by Crippen LogP contribution is 2.72. The minimum absolute atomic E-state index is 0.199. The molecule has 9 aromatic carbocycles. The Morgan fingerprint density at radius 3 is 1.62 bits per heavy atom. The number of hydrogen-bond donors (Lipinski definition) is 0. The maximum Gasteiger partial charge on any atom is 0.242 e. The molecule has 12 aromatic rings. The summed E-state index contributed by atoms with van der Waals surface area (Å²) < 4.78 is 4.91. The lowest BCUT2D eigenvalue weighted by Gasteiger charge is -2.41. The van der Waals surface area contributed by atoms with Crippen molar-refractivity contribution in [3.05, 3.63) is 243 Å². The van der Waals surface area contributed by atoms with Crippen molar-refractivity contribution in [2.24, 2.45) is 0 Å². The van der Waals surface area contributed by atoms with Crippen LogP contribution in [0.1, 0.15) is 0 Å². The Balaban J connectivity index is 1.08. The molecule has 0 atom stereocenters. The van der Waals surface area contributed by atoms with Crippen molar-refractivity contribution in [3.63, 3.8) is 0 Å². The van der Waals surface area contributed by atoms with E-state index in [1.807, 2.05) is 0 Å². The molecule has 0 spiro atoms. The number of aromatic nitrogens is 3. The maximum atomic E-state index is 5.85. The van der Waals surface area contributed by atoms with Crippen LogP contribution in [0.4, 0.5) is 0 Å². The minimum atomic E-state index is -2.02. The van der Waals surface area contributed by atoms with E-state index in [2.05, 4.69) is 252 Å². The Morgan fingerprint density at radius 1 is 0.375 bits per heavy atom. The first-order valence-corrected chi connectivity index (χ1v) is 23.6. The second-order valence-corrected chi connectivity index (χ2v) is 19.7. The molecular weight excluding hydrogens is 794 g/mol. The number of hydrogen-bond acceptors (Lipinski definition) is 1. The summed E-state index contributed by atoms with van der Waals surface area (Å²) in [6.07, 6.45) is 0. The van der Waals surface area contributed by atoms with Gasteiger partial charge in [0.1, 0.15) is 5.82 Å². The molecule has 4 heterocycles. The Morgan fingerprint density at radius 2 is 0.938 bits per heavy atom. The minimum Gasteiger partial charge on any atom is -0.309 e. The van der Waals surface area contributed by atoms with Crippen molar-refractivity contribution >= 4 is 76.7 Å². The van der Waals surface area contributed by atoms with Crippen LogP contribution in [0.5, 0.6) is 0 Å². The van der Waals surface area contributed by atoms with E-state index in [4.69, 9.17) is 4.98 Å². The standard InChI is InChI=1S/C59H40BN3S/c1-5-20-41(21-6-1)60-51-31-16-13-28-46(51)50-40-42(36-38-52(50)60)62-54-33-18-15-30-49(54)58-55(62)39-37-48-47-29-14-17-32-53(47)63(59(48)58)56-34-19-35-57(61-56)64(43-22-7-2-8-23-43,44-24-9-3-10-25-44)45-26-11-4-12-27-45/h1-40H. The van der Waals surface area contributed by atoms with Gasteiger partial charge in [0, 0.05) is 41.9 Å². The van der Waals surface area contributed by atoms with E-state index in [9.17, 15) is 0 Å². The summed E-state index contributed by atoms with van der Waals surface area (Å²) in [5, 5.41) is 5.88. The molecule has 300 valence electrons. The molecule has 5 heteroatoms. The highest BCUT2D eigenvalue weighted by Gasteiger charge is 2.36. The van der Waals surface area contributed by atoms with Crippen LogP contribution in [-0.4, -0.2) is 20.8 Å². The third kappa shape index (κ3) is 5.35. The number of rotatable bonds is 7. The Labute approximate surface area is 373 Å². The molecule has 13 rings (SSSR count). The molecule has 0 fully saturated rings. The monoisotopic (exact) mass is 833 g/mol. The van der Waals surface area contributed by atoms with Crippen molar-refractivity contribution in [2.75, 3.05) is 0 Å². The molecule has 1 aliphatic rings. The van der Waals surface area contributed by atoms with Gasteiger partial charge >= 0.3 is 0 Å². The second-order valence-electron chi connectivity index (χ2n) is 16.6. The summed E-state index contributed by atoms with van der Waals surface area (Å²) in [6.45, 7) is 0.199. The molecule has 0 N–H and O–H groups in total. The molecule has 0 saturated carbocycles. The van der Waals surface area contributed by atoms with E-state index in [1.54, 1.807) is 0 Å². The lowest BCUT2D eigenvalue weighted by molar-refractivity contribution is 0.996. The molecule has 0 radical (unpaired) electrons. The van der Waals surface area contributed by atoms with Crippen molar-refractivity contribution in [2.45, 2.75) is 19.7 Å². The largest absolute Gasteiger partial charge is 0.309 e. The van der Waals surface area contributed by atoms with Gasteiger partial charge in [0.05, 0.1) is 27.1 Å². The number of nitrogens with zero attached hydrogens (tertiary/aromatic N) is 3. The highest BCUT2D eigenvalue weighted by molar-refractivity contribution is 8.33. The fraction of sp³-hybridized carbons (Fsp3) is 0. The molecule has 64 heavy (non-hydrogen) atoms. The summed E-state index contributed by atoms with van der Waals surface area (Å²) in [4.78, 5) is 9.60. The fourth-order valence-corrected chi connectivity index (χ4v) is 14.5. The predicted molar refractivity (Wildman–Crippen MR) is 269 cm³/mol. The predicted octanol–water partition coefficient (Wildman–Crippen LogP) is 13.1. The molecule has 0 saturated heterocycles. The van der Waals surface area contributed by atoms with Crippen molar-refractivity contribution in [1.82, 2.24) is 14.1 Å². The van der Waals surface area contributed by atoms with Crippen LogP contribution in [0.25, 0.3) is 66.2 Å². The van der Waals surface area contributed by atoms with Gasteiger partial charge in [0.2, 0.25) is 6.71 Å². The van der Waals surface area contributed by atoms with Crippen LogP contribution in [0, 0.1) is 0 Å². The van der Waals surface area contributed by atoms with Gasteiger partial charge in [0.25, 0.3) is 0 Å². The van der Waals surface area contributed by atoms with Crippen LogP contribution in [-0.2, 0) is 0 Å². The van der Waals surface area contributed by atoms with Crippen LogP contribution in [0.15, 0.2) is 262 Å². The summed E-state index contributed by atoms with van der Waals surface area (Å²) in [6, 6.07) is 89.0. The lowest BCUT2D eigenvalue weighted by atomic mass is 9.39. The van der Waals surface area contributed by atoms with Gasteiger partial charge in [0.15, 0.2) is 0 Å². The van der Waals surface area contributed by atoms with Crippen molar-refractivity contribution in [1.29, 1.82) is 0 Å². The van der Waals surface area contributed by atoms with Crippen molar-refractivity contribution < 1.29 is 0 Å². The van der Waals surface area contributed by atoms with E-state index in [0.717, 1.165) is 33.1 Å². The van der Waals surface area contributed by atoms with Gasteiger partial charge in [-0.2, -0.15) is 0 Å². The first-order chi connectivity index (χ1) is 31.8. The normalized spacial score (nSPS) is 12.6. The molecular formula is C59H40BN3S. The summed E-state index contributed by atoms with van der Waals surface area (Å²) in [5.41, 5.74) is 12.4. The van der Waals surface area contributed by atoms with Gasteiger partial charge in [-0.15, -0.1) is 10.0 Å². The van der Waals surface area contributed by atoms with Gasteiger partial charge in [-0.05, 0) is 90.0 Å². The zero-order valence-electron chi connectivity index (χ0n) is 34.9. The van der Waals surface area contributed by atoms with Gasteiger partial charge < -0.3 is 4.57 Å². The first kappa shape index (κ1) is 36.8. The number of fused-ring (bicyclic) bond motifs is 10. The van der Waals surface area contributed by atoms with Gasteiger partial charge in [-0.1, -0.05) is 180 Å². The molecule has 0 unspecified atom stereocenters. The number of para-hydroxylation sites is 2. The molecule has 1 aliphatic heterocycles. The summed E-state index contributed by atoms with van der Waals surface area (Å²) >= 11 is 0. The van der Waals surface area contributed by atoms with E-state index in [1.165, 1.54) is 69.3 Å². The van der Waals surface area contributed by atoms with Crippen molar-refractivity contribution in [3.8, 4) is 22.6 Å². The summed E-state index contributed by atoms with van der Waals surface area (Å²) in [5.74, 6) is 0.897. The number of benzene rings is 9. The van der Waals surface area contributed by atoms with Crippen LogP contribution < -0.4 is 16.4 Å². The quantitative estimate of drug-likeness (QED) is 0.147. The van der Waals surface area contributed by atoms with Crippen LogP contribution in [0.3, 0.4) is 0 Å². The molecule has 0 amide bonds. The van der Waals surface area contributed by atoms with Gasteiger partial charge in [-0.3, -0.25) is 4.57 Å². The van der Waals surface area contributed by atoms with E-state index < -0.39 is 10.0 Å². The smallest absolute Gasteiger partial charge is 0.242 e. The average Bonchev–Trinajstić information content (AvgIpc) is 4.01. The molecule has 0 aliphatic carbocycles. The Bertz CT molecular complexity index is 3630. The molecule has 3 nitrogen and oxygen atoms in total. The third-order valence-corrected chi connectivity index (χ3v) is 17.1. The molecule has 0 bridgehead atoms. The van der Waals surface area contributed by atoms with E-state index >= 15 is 0 Å². The van der Waals surface area contributed by atoms with E-state index in [-0.39, 0.29) is 6.71 Å². The highest BCUT2D eigenvalue weighted by atomic mass is 32.3.